The molecular weight excluding hydrogens is 606 g/mol. The number of halogens is 1. The normalized spacial score (nSPS) is 12.2. The molecule has 0 aliphatic heterocycles. The lowest BCUT2D eigenvalue weighted by Gasteiger charge is -2.24. The van der Waals surface area contributed by atoms with Gasteiger partial charge in [-0.1, -0.05) is 94.8 Å². The predicted molar refractivity (Wildman–Crippen MR) is 200 cm³/mol. The van der Waals surface area contributed by atoms with E-state index in [1.807, 2.05) is 44.2 Å². The van der Waals surface area contributed by atoms with Gasteiger partial charge >= 0.3 is 0 Å². The zero-order chi connectivity index (χ0) is 34.1. The number of para-hydroxylation sites is 2. The largest absolute Gasteiger partial charge is 0.352 e. The summed E-state index contributed by atoms with van der Waals surface area (Å²) in [5, 5.41) is 2.66. The highest BCUT2D eigenvalue weighted by molar-refractivity contribution is 7.97. The van der Waals surface area contributed by atoms with E-state index in [0.717, 1.165) is 47.7 Å². The Bertz CT molecular complexity index is 1390. The van der Waals surface area contributed by atoms with Gasteiger partial charge in [-0.25, -0.2) is 9.37 Å². The van der Waals surface area contributed by atoms with Gasteiger partial charge in [0.2, 0.25) is 0 Å². The number of benzene rings is 3. The SMILES string of the molecule is CCCCCN=CCCCC1CCC1.CCNC(=O)c1ccc(F)c(SNC)c1.CCc1ccccc1.Cc1nc2ccccc2[nH]1. The van der Waals surface area contributed by atoms with Crippen LogP contribution in [0.25, 0.3) is 11.0 Å². The Labute approximate surface area is 287 Å². The van der Waals surface area contributed by atoms with Crippen molar-refractivity contribution in [1.82, 2.24) is 20.0 Å². The molecule has 1 aliphatic carbocycles. The Hall–Kier alpha value is -3.49. The van der Waals surface area contributed by atoms with Gasteiger partial charge in [0, 0.05) is 18.7 Å². The second-order valence-electron chi connectivity index (χ2n) is 11.5. The Morgan fingerprint density at radius 3 is 2.38 bits per heavy atom. The number of hydrogen-bond donors (Lipinski definition) is 3. The number of aromatic amines is 1. The van der Waals surface area contributed by atoms with Crippen LogP contribution in [0.15, 0.2) is 82.7 Å². The number of imidazole rings is 1. The first-order valence-electron chi connectivity index (χ1n) is 17.3. The molecule has 3 N–H and O–H groups in total. The van der Waals surface area contributed by atoms with Crippen LogP contribution in [-0.4, -0.2) is 42.2 Å². The molecule has 0 unspecified atom stereocenters. The first-order chi connectivity index (χ1) is 22.9. The third-order valence-corrected chi connectivity index (χ3v) is 8.43. The molecule has 47 heavy (non-hydrogen) atoms. The first-order valence-corrected chi connectivity index (χ1v) is 18.1. The fraction of sp³-hybridized carbons (Fsp3) is 0.462. The van der Waals surface area contributed by atoms with Crippen molar-refractivity contribution in [3.8, 4) is 0 Å². The van der Waals surface area contributed by atoms with Crippen LogP contribution in [-0.2, 0) is 6.42 Å². The van der Waals surface area contributed by atoms with Crippen LogP contribution in [0, 0.1) is 18.7 Å². The molecule has 0 radical (unpaired) electrons. The van der Waals surface area contributed by atoms with Crippen molar-refractivity contribution >= 4 is 35.1 Å². The lowest BCUT2D eigenvalue weighted by molar-refractivity contribution is 0.0955. The quantitative estimate of drug-likeness (QED) is 0.0757. The highest BCUT2D eigenvalue weighted by Gasteiger charge is 2.15. The summed E-state index contributed by atoms with van der Waals surface area (Å²) < 4.78 is 16.0. The van der Waals surface area contributed by atoms with E-state index in [9.17, 15) is 9.18 Å². The van der Waals surface area contributed by atoms with Crippen molar-refractivity contribution in [2.45, 2.75) is 96.8 Å². The van der Waals surface area contributed by atoms with E-state index in [1.165, 1.54) is 81.5 Å². The number of H-pyrrole nitrogens is 1. The van der Waals surface area contributed by atoms with Crippen LogP contribution in [0.4, 0.5) is 4.39 Å². The summed E-state index contributed by atoms with van der Waals surface area (Å²) in [7, 11) is 1.70. The van der Waals surface area contributed by atoms with E-state index in [2.05, 4.69) is 69.3 Å². The van der Waals surface area contributed by atoms with Gasteiger partial charge in [-0.15, -0.1) is 0 Å². The topological polar surface area (TPSA) is 82.2 Å². The third-order valence-electron chi connectivity index (χ3n) is 7.69. The number of aryl methyl sites for hydroxylation is 2. The molecule has 1 aliphatic rings. The fourth-order valence-electron chi connectivity index (χ4n) is 4.80. The third kappa shape index (κ3) is 16.8. The molecule has 1 heterocycles. The molecule has 6 nitrogen and oxygen atoms in total. The van der Waals surface area contributed by atoms with Crippen molar-refractivity contribution in [3.63, 3.8) is 0 Å². The molecule has 3 aromatic carbocycles. The number of amides is 1. The average Bonchev–Trinajstić information content (AvgIpc) is 3.46. The first kappa shape index (κ1) is 39.7. The number of nitrogens with zero attached hydrogens (tertiary/aromatic N) is 2. The van der Waals surface area contributed by atoms with Gasteiger partial charge in [-0.3, -0.25) is 14.5 Å². The minimum Gasteiger partial charge on any atom is -0.352 e. The summed E-state index contributed by atoms with van der Waals surface area (Å²) in [6.45, 7) is 9.81. The maximum atomic E-state index is 13.2. The van der Waals surface area contributed by atoms with Crippen LogP contribution in [0.2, 0.25) is 0 Å². The molecule has 0 saturated heterocycles. The smallest absolute Gasteiger partial charge is 0.251 e. The van der Waals surface area contributed by atoms with E-state index in [4.69, 9.17) is 0 Å². The van der Waals surface area contributed by atoms with Crippen molar-refractivity contribution < 1.29 is 9.18 Å². The average molecular weight is 662 g/mol. The number of nitrogens with one attached hydrogen (secondary N) is 3. The van der Waals surface area contributed by atoms with E-state index in [-0.39, 0.29) is 11.7 Å². The van der Waals surface area contributed by atoms with Gasteiger partial charge in [0.05, 0.1) is 15.9 Å². The zero-order valence-electron chi connectivity index (χ0n) is 29.2. The van der Waals surface area contributed by atoms with E-state index in [1.54, 1.807) is 7.05 Å². The summed E-state index contributed by atoms with van der Waals surface area (Å²) in [4.78, 5) is 23.7. The Morgan fingerprint density at radius 1 is 1.02 bits per heavy atom. The van der Waals surface area contributed by atoms with Crippen molar-refractivity contribution in [2.75, 3.05) is 20.1 Å². The van der Waals surface area contributed by atoms with Gasteiger partial charge < -0.3 is 10.3 Å². The number of carbonyl (C=O) groups is 1. The second-order valence-corrected chi connectivity index (χ2v) is 12.6. The molecular formula is C39H56FN5OS. The highest BCUT2D eigenvalue weighted by Crippen LogP contribution is 2.30. The minimum absolute atomic E-state index is 0.185. The maximum absolute atomic E-state index is 13.2. The lowest BCUT2D eigenvalue weighted by atomic mass is 9.82. The molecule has 1 saturated carbocycles. The summed E-state index contributed by atoms with van der Waals surface area (Å²) in [5.41, 5.74) is 4.03. The summed E-state index contributed by atoms with van der Waals surface area (Å²) in [6.07, 6.45) is 15.7. The molecule has 4 aromatic rings. The van der Waals surface area contributed by atoms with E-state index >= 15 is 0 Å². The summed E-state index contributed by atoms with van der Waals surface area (Å²) in [5.74, 6) is 1.53. The van der Waals surface area contributed by atoms with Gasteiger partial charge in [-0.05, 0) is 107 Å². The molecule has 1 amide bonds. The highest BCUT2D eigenvalue weighted by atomic mass is 32.2. The second kappa shape index (κ2) is 24.7. The number of rotatable bonds is 13. The van der Waals surface area contributed by atoms with Crippen molar-refractivity contribution in [2.24, 2.45) is 10.9 Å². The fourth-order valence-corrected chi connectivity index (χ4v) is 5.38. The molecule has 1 fully saturated rings. The van der Waals surface area contributed by atoms with Crippen LogP contribution < -0.4 is 10.0 Å². The number of hydrogen-bond acceptors (Lipinski definition) is 5. The number of carbonyl (C=O) groups excluding carboxylic acids is 1. The molecule has 0 spiro atoms. The molecule has 5 rings (SSSR count). The van der Waals surface area contributed by atoms with Crippen molar-refractivity contribution in [3.05, 3.63) is 95.6 Å². The molecule has 8 heteroatoms. The van der Waals surface area contributed by atoms with Gasteiger partial charge in [0.25, 0.3) is 5.91 Å². The predicted octanol–water partition coefficient (Wildman–Crippen LogP) is 10.1. The van der Waals surface area contributed by atoms with Crippen molar-refractivity contribution in [1.29, 1.82) is 0 Å². The number of fused-ring (bicyclic) bond motifs is 1. The summed E-state index contributed by atoms with van der Waals surface area (Å²) in [6, 6.07) is 22.8. The van der Waals surface area contributed by atoms with Crippen LogP contribution in [0.3, 0.4) is 0 Å². The summed E-state index contributed by atoms with van der Waals surface area (Å²) >= 11 is 1.15. The zero-order valence-corrected chi connectivity index (χ0v) is 30.0. The monoisotopic (exact) mass is 661 g/mol. The van der Waals surface area contributed by atoms with Gasteiger partial charge in [0.1, 0.15) is 11.6 Å². The van der Waals surface area contributed by atoms with Crippen LogP contribution in [0.5, 0.6) is 0 Å². The van der Waals surface area contributed by atoms with E-state index < -0.39 is 0 Å². The van der Waals surface area contributed by atoms with E-state index in [0.29, 0.717) is 17.0 Å². The number of aromatic nitrogens is 2. The lowest BCUT2D eigenvalue weighted by Crippen LogP contribution is -2.22. The Morgan fingerprint density at radius 2 is 1.77 bits per heavy atom. The van der Waals surface area contributed by atoms with Gasteiger partial charge in [0.15, 0.2) is 0 Å². The molecule has 0 atom stereocenters. The van der Waals surface area contributed by atoms with Crippen LogP contribution >= 0.6 is 11.9 Å². The van der Waals surface area contributed by atoms with Crippen LogP contribution in [0.1, 0.15) is 100 Å². The molecule has 1 aromatic heterocycles. The Kier molecular flexibility index (Phi) is 20.8. The number of aliphatic imine (C=N–C) groups is 1. The maximum Gasteiger partial charge on any atom is 0.251 e. The minimum atomic E-state index is -0.331. The standard InChI is InChI=1S/C13H25N.C10H13FN2OS.C8H8N2.C8H10/c1-2-3-5-11-14-12-6-4-8-13-9-7-10-13;1-3-13-10(14)7-4-5-8(11)9(6-7)15-12-2;1-6-9-7-4-2-3-5-8(7)10-6;1-2-8-6-4-3-5-7-8/h12-13H,2-11H2,1H3;4-6,12H,3H2,1-2H3,(H,13,14);2-5H,1H3,(H,9,10);3-7H,2H2,1H3. The Balaban J connectivity index is 0.000000223. The number of unbranched alkanes of at least 4 members (excludes halogenated alkanes) is 3. The molecule has 256 valence electrons. The molecule has 0 bridgehead atoms. The van der Waals surface area contributed by atoms with Gasteiger partial charge in [-0.2, -0.15) is 0 Å².